The molecule has 2 N–H and O–H groups in total. The van der Waals surface area contributed by atoms with Gasteiger partial charge in [0.1, 0.15) is 5.75 Å². The summed E-state index contributed by atoms with van der Waals surface area (Å²) in [5.74, 6) is 6.72. The lowest BCUT2D eigenvalue weighted by atomic mass is 10.1. The van der Waals surface area contributed by atoms with Gasteiger partial charge in [-0.05, 0) is 41.5 Å². The van der Waals surface area contributed by atoms with E-state index in [0.717, 1.165) is 5.56 Å². The van der Waals surface area contributed by atoms with Crippen molar-refractivity contribution in [1.82, 2.24) is 5.43 Å². The molecule has 0 saturated carbocycles. The highest BCUT2D eigenvalue weighted by Gasteiger charge is 2.11. The molecule has 0 bridgehead atoms. The molecule has 0 unspecified atom stereocenters. The van der Waals surface area contributed by atoms with Gasteiger partial charge in [0.25, 0.3) is 5.91 Å². The normalized spacial score (nSPS) is 10.3. The van der Waals surface area contributed by atoms with Gasteiger partial charge in [-0.1, -0.05) is 53.8 Å². The van der Waals surface area contributed by atoms with Crippen LogP contribution in [0, 0.1) is 11.8 Å². The van der Waals surface area contributed by atoms with Gasteiger partial charge in [-0.3, -0.25) is 4.79 Å². The number of hydrogen-bond donors (Lipinski definition) is 2. The SMILES string of the molecule is COc1cc(/C=N/NC(=O)c2ccc(O)c(Cl)c2)cc(C#CCc2ccccc2)c1OC. The summed E-state index contributed by atoms with van der Waals surface area (Å²) < 4.78 is 10.9. The van der Waals surface area contributed by atoms with Crippen LogP contribution in [-0.4, -0.2) is 31.4 Å². The largest absolute Gasteiger partial charge is 0.506 e. The molecule has 32 heavy (non-hydrogen) atoms. The Morgan fingerprint density at radius 3 is 2.59 bits per heavy atom. The van der Waals surface area contributed by atoms with Crippen LogP contribution < -0.4 is 14.9 Å². The molecule has 3 aromatic rings. The molecule has 3 aromatic carbocycles. The summed E-state index contributed by atoms with van der Waals surface area (Å²) in [6.45, 7) is 0. The zero-order chi connectivity index (χ0) is 22.9. The van der Waals surface area contributed by atoms with Crippen LogP contribution in [0.2, 0.25) is 5.02 Å². The number of amides is 1. The molecule has 0 aromatic heterocycles. The van der Waals surface area contributed by atoms with Gasteiger partial charge in [-0.2, -0.15) is 5.10 Å². The quantitative estimate of drug-likeness (QED) is 0.332. The standard InChI is InChI=1S/C25H21ClN2O4/c1-31-23-14-18(16-27-28-25(30)20-11-12-22(29)21(26)15-20)13-19(24(23)32-2)10-6-9-17-7-4-3-5-8-17/h3-5,7-8,11-16,29H,9H2,1-2H3,(H,28,30)/b27-16+. The maximum atomic E-state index is 12.2. The van der Waals surface area contributed by atoms with Crippen LogP contribution in [0.1, 0.15) is 27.0 Å². The molecule has 1 amide bonds. The van der Waals surface area contributed by atoms with Crippen LogP contribution in [0.4, 0.5) is 0 Å². The van der Waals surface area contributed by atoms with Crippen LogP contribution in [0.25, 0.3) is 0 Å². The van der Waals surface area contributed by atoms with Gasteiger partial charge in [-0.25, -0.2) is 5.43 Å². The zero-order valence-corrected chi connectivity index (χ0v) is 18.3. The summed E-state index contributed by atoms with van der Waals surface area (Å²) in [4.78, 5) is 12.2. The Bertz CT molecular complexity index is 1200. The van der Waals surface area contributed by atoms with E-state index in [9.17, 15) is 9.90 Å². The Hall–Kier alpha value is -3.95. The monoisotopic (exact) mass is 448 g/mol. The van der Waals surface area contributed by atoms with Crippen molar-refractivity contribution in [2.24, 2.45) is 5.10 Å². The second-order valence-electron chi connectivity index (χ2n) is 6.63. The van der Waals surface area contributed by atoms with Crippen molar-refractivity contribution >= 4 is 23.7 Å². The summed E-state index contributed by atoms with van der Waals surface area (Å²) >= 11 is 5.84. The van der Waals surface area contributed by atoms with Crippen molar-refractivity contribution in [2.45, 2.75) is 6.42 Å². The highest BCUT2D eigenvalue weighted by molar-refractivity contribution is 6.32. The zero-order valence-electron chi connectivity index (χ0n) is 17.6. The van der Waals surface area contributed by atoms with Gasteiger partial charge < -0.3 is 14.6 Å². The summed E-state index contributed by atoms with van der Waals surface area (Å²) in [5.41, 5.74) is 5.11. The topological polar surface area (TPSA) is 80.2 Å². The molecule has 3 rings (SSSR count). The predicted octanol–water partition coefficient (Wildman–Crippen LogP) is 4.42. The molecule has 0 radical (unpaired) electrons. The first kappa shape index (κ1) is 22.7. The first-order valence-electron chi connectivity index (χ1n) is 9.62. The van der Waals surface area contributed by atoms with E-state index in [2.05, 4.69) is 22.4 Å². The second kappa shape index (κ2) is 10.9. The van der Waals surface area contributed by atoms with Crippen molar-refractivity contribution in [3.05, 3.63) is 87.9 Å². The second-order valence-corrected chi connectivity index (χ2v) is 7.04. The smallest absolute Gasteiger partial charge is 0.271 e. The number of nitrogens with one attached hydrogen (secondary N) is 1. The van der Waals surface area contributed by atoms with E-state index in [1.165, 1.54) is 31.5 Å². The Balaban J connectivity index is 1.79. The molecule has 0 atom stereocenters. The van der Waals surface area contributed by atoms with E-state index < -0.39 is 5.91 Å². The van der Waals surface area contributed by atoms with Crippen LogP contribution in [0.3, 0.4) is 0 Å². The number of carbonyl (C=O) groups excluding carboxylic acids is 1. The number of ether oxygens (including phenoxy) is 2. The van der Waals surface area contributed by atoms with Crippen molar-refractivity contribution < 1.29 is 19.4 Å². The lowest BCUT2D eigenvalue weighted by Gasteiger charge is -2.10. The number of halogens is 1. The number of phenolic OH excluding ortho intramolecular Hbond substituents is 1. The Morgan fingerprint density at radius 1 is 1.12 bits per heavy atom. The number of rotatable bonds is 6. The number of aromatic hydroxyl groups is 1. The summed E-state index contributed by atoms with van der Waals surface area (Å²) in [6.07, 6.45) is 2.07. The Labute approximate surface area is 191 Å². The molecule has 0 aliphatic heterocycles. The summed E-state index contributed by atoms with van der Waals surface area (Å²) in [6, 6.07) is 17.6. The third-order valence-electron chi connectivity index (χ3n) is 4.45. The van der Waals surface area contributed by atoms with E-state index in [1.807, 2.05) is 30.3 Å². The maximum Gasteiger partial charge on any atom is 0.271 e. The van der Waals surface area contributed by atoms with Gasteiger partial charge in [0.2, 0.25) is 0 Å². The summed E-state index contributed by atoms with van der Waals surface area (Å²) in [5, 5.41) is 13.5. The van der Waals surface area contributed by atoms with E-state index in [1.54, 1.807) is 19.2 Å². The van der Waals surface area contributed by atoms with Crippen LogP contribution in [0.5, 0.6) is 17.2 Å². The first-order valence-corrected chi connectivity index (χ1v) is 10.0. The minimum Gasteiger partial charge on any atom is -0.506 e. The Morgan fingerprint density at radius 2 is 1.91 bits per heavy atom. The van der Waals surface area contributed by atoms with Gasteiger partial charge in [0.05, 0.1) is 31.0 Å². The molecule has 0 aliphatic carbocycles. The third-order valence-corrected chi connectivity index (χ3v) is 4.75. The molecule has 7 heteroatoms. The molecular weight excluding hydrogens is 428 g/mol. The Kier molecular flexibility index (Phi) is 7.74. The fourth-order valence-corrected chi connectivity index (χ4v) is 3.05. The highest BCUT2D eigenvalue weighted by Crippen LogP contribution is 2.31. The molecule has 0 spiro atoms. The predicted molar refractivity (Wildman–Crippen MR) is 125 cm³/mol. The molecule has 0 heterocycles. The van der Waals surface area contributed by atoms with Crippen molar-refractivity contribution in [3.63, 3.8) is 0 Å². The number of phenols is 1. The number of benzene rings is 3. The van der Waals surface area contributed by atoms with Crippen molar-refractivity contribution in [1.29, 1.82) is 0 Å². The van der Waals surface area contributed by atoms with Crippen molar-refractivity contribution in [2.75, 3.05) is 14.2 Å². The van der Waals surface area contributed by atoms with E-state index in [-0.39, 0.29) is 16.3 Å². The van der Waals surface area contributed by atoms with Gasteiger partial charge in [0, 0.05) is 12.0 Å². The number of hydrazone groups is 1. The van der Waals surface area contributed by atoms with Gasteiger partial charge >= 0.3 is 0 Å². The van der Waals surface area contributed by atoms with Gasteiger partial charge in [-0.15, -0.1) is 0 Å². The number of hydrogen-bond acceptors (Lipinski definition) is 5. The molecule has 162 valence electrons. The molecule has 0 saturated heterocycles. The average Bonchev–Trinajstić information content (AvgIpc) is 2.81. The summed E-state index contributed by atoms with van der Waals surface area (Å²) in [7, 11) is 3.09. The van der Waals surface area contributed by atoms with Crippen molar-refractivity contribution in [3.8, 4) is 29.1 Å². The number of nitrogens with zero attached hydrogens (tertiary/aromatic N) is 1. The molecular formula is C25H21ClN2O4. The van der Waals surface area contributed by atoms with E-state index in [4.69, 9.17) is 21.1 Å². The molecule has 6 nitrogen and oxygen atoms in total. The van der Waals surface area contributed by atoms with Gasteiger partial charge in [0.15, 0.2) is 11.5 Å². The molecule has 0 aliphatic rings. The lowest BCUT2D eigenvalue weighted by molar-refractivity contribution is 0.0955. The van der Waals surface area contributed by atoms with E-state index >= 15 is 0 Å². The average molecular weight is 449 g/mol. The van der Waals surface area contributed by atoms with E-state index in [0.29, 0.717) is 29.0 Å². The van der Waals surface area contributed by atoms with Crippen LogP contribution in [-0.2, 0) is 6.42 Å². The fourth-order valence-electron chi connectivity index (χ4n) is 2.87. The fraction of sp³-hybridized carbons (Fsp3) is 0.120. The van der Waals surface area contributed by atoms with Crippen LogP contribution in [0.15, 0.2) is 65.8 Å². The minimum atomic E-state index is -0.466. The lowest BCUT2D eigenvalue weighted by Crippen LogP contribution is -2.17. The third kappa shape index (κ3) is 5.81. The van der Waals surface area contributed by atoms with Crippen LogP contribution >= 0.6 is 11.6 Å². The first-order chi connectivity index (χ1) is 15.5. The maximum absolute atomic E-state index is 12.2. The number of carbonyl (C=O) groups is 1. The highest BCUT2D eigenvalue weighted by atomic mass is 35.5. The minimum absolute atomic E-state index is 0.0836. The number of methoxy groups -OCH3 is 2. The molecule has 0 fully saturated rings.